The van der Waals surface area contributed by atoms with Gasteiger partial charge in [-0.2, -0.15) is 0 Å². The molecule has 0 radical (unpaired) electrons. The number of aromatic nitrogens is 3. The van der Waals surface area contributed by atoms with E-state index in [9.17, 15) is 0 Å². The van der Waals surface area contributed by atoms with Gasteiger partial charge in [0, 0.05) is 12.2 Å². The highest BCUT2D eigenvalue weighted by Gasteiger charge is 2.28. The molecule has 1 aliphatic carbocycles. The van der Waals surface area contributed by atoms with Crippen molar-refractivity contribution in [3.05, 3.63) is 18.2 Å². The Labute approximate surface area is 94.4 Å². The molecule has 16 heavy (non-hydrogen) atoms. The molecule has 4 nitrogen and oxygen atoms in total. The molecule has 1 heterocycles. The average Bonchev–Trinajstić information content (AvgIpc) is 3.03. The molecule has 0 spiro atoms. The van der Waals surface area contributed by atoms with E-state index < -0.39 is 0 Å². The van der Waals surface area contributed by atoms with Gasteiger partial charge in [0.25, 0.3) is 0 Å². The summed E-state index contributed by atoms with van der Waals surface area (Å²) >= 11 is 0. The van der Waals surface area contributed by atoms with Gasteiger partial charge in [0.1, 0.15) is 5.52 Å². The molecule has 0 amide bonds. The molecule has 4 heteroatoms. The molecular weight excluding hydrogens is 200 g/mol. The Morgan fingerprint density at radius 1 is 1.50 bits per heavy atom. The van der Waals surface area contributed by atoms with Gasteiger partial charge in [-0.3, -0.25) is 0 Å². The van der Waals surface area contributed by atoms with Gasteiger partial charge in [-0.15, -0.1) is 5.10 Å². The third kappa shape index (κ3) is 1.64. The molecule has 3 rings (SSSR count). The van der Waals surface area contributed by atoms with Crippen molar-refractivity contribution in [2.75, 3.05) is 5.73 Å². The largest absolute Gasteiger partial charge is 0.399 e. The van der Waals surface area contributed by atoms with E-state index >= 15 is 0 Å². The summed E-state index contributed by atoms with van der Waals surface area (Å²) in [5, 5.41) is 8.34. The predicted octanol–water partition coefficient (Wildman–Crippen LogP) is 2.06. The number of hydrogen-bond acceptors (Lipinski definition) is 3. The minimum atomic E-state index is 0.697. The maximum atomic E-state index is 5.72. The van der Waals surface area contributed by atoms with E-state index in [0.29, 0.717) is 5.92 Å². The first kappa shape index (κ1) is 9.63. The Bertz CT molecular complexity index is 513. The molecular formula is C12H16N4. The number of nitrogen functional groups attached to an aromatic ring is 1. The van der Waals surface area contributed by atoms with Crippen LogP contribution in [0.3, 0.4) is 0 Å². The summed E-state index contributed by atoms with van der Waals surface area (Å²) in [6.07, 6.45) is 2.75. The molecule has 1 aromatic carbocycles. The zero-order chi connectivity index (χ0) is 11.1. The first-order valence-corrected chi connectivity index (χ1v) is 5.83. The van der Waals surface area contributed by atoms with Crippen molar-refractivity contribution in [1.29, 1.82) is 0 Å². The van der Waals surface area contributed by atoms with Crippen molar-refractivity contribution in [1.82, 2.24) is 15.0 Å². The molecule has 2 aromatic rings. The number of rotatable bonds is 3. The van der Waals surface area contributed by atoms with E-state index in [1.165, 1.54) is 12.8 Å². The summed E-state index contributed by atoms with van der Waals surface area (Å²) in [6, 6.07) is 5.79. The number of anilines is 1. The number of nitrogens with two attached hydrogens (primary N) is 1. The van der Waals surface area contributed by atoms with E-state index in [2.05, 4.69) is 17.2 Å². The third-order valence-corrected chi connectivity index (χ3v) is 3.43. The fourth-order valence-corrected chi connectivity index (χ4v) is 2.21. The van der Waals surface area contributed by atoms with Gasteiger partial charge in [-0.25, -0.2) is 4.68 Å². The molecule has 84 valence electrons. The summed E-state index contributed by atoms with van der Waals surface area (Å²) < 4.78 is 2.00. The van der Waals surface area contributed by atoms with E-state index in [1.54, 1.807) is 0 Å². The van der Waals surface area contributed by atoms with Gasteiger partial charge in [-0.1, -0.05) is 12.1 Å². The fourth-order valence-electron chi connectivity index (χ4n) is 2.21. The Hall–Kier alpha value is -1.58. The van der Waals surface area contributed by atoms with Gasteiger partial charge >= 0.3 is 0 Å². The predicted molar refractivity (Wildman–Crippen MR) is 63.8 cm³/mol. The second-order valence-electron chi connectivity index (χ2n) is 4.83. The molecule has 1 aromatic heterocycles. The zero-order valence-corrected chi connectivity index (χ0v) is 9.43. The monoisotopic (exact) mass is 216 g/mol. The van der Waals surface area contributed by atoms with Crippen LogP contribution in [-0.4, -0.2) is 15.0 Å². The summed E-state index contributed by atoms with van der Waals surface area (Å²) in [5.74, 6) is 1.59. The highest BCUT2D eigenvalue weighted by Crippen LogP contribution is 2.37. The van der Waals surface area contributed by atoms with Gasteiger partial charge in [0.05, 0.1) is 5.52 Å². The lowest BCUT2D eigenvalue weighted by molar-refractivity contribution is 0.407. The SMILES string of the molecule is CC(Cn1nnc2cc(N)ccc21)C1CC1. The number of fused-ring (bicyclic) bond motifs is 1. The maximum Gasteiger partial charge on any atom is 0.115 e. The van der Waals surface area contributed by atoms with Crippen LogP contribution in [-0.2, 0) is 6.54 Å². The molecule has 1 unspecified atom stereocenters. The van der Waals surface area contributed by atoms with E-state index in [0.717, 1.165) is 29.2 Å². The van der Waals surface area contributed by atoms with Crippen LogP contribution < -0.4 is 5.73 Å². The maximum absolute atomic E-state index is 5.72. The topological polar surface area (TPSA) is 56.7 Å². The molecule has 2 N–H and O–H groups in total. The van der Waals surface area contributed by atoms with Crippen LogP contribution in [0.4, 0.5) is 5.69 Å². The summed E-state index contributed by atoms with van der Waals surface area (Å²) in [6.45, 7) is 3.26. The Morgan fingerprint density at radius 2 is 2.31 bits per heavy atom. The van der Waals surface area contributed by atoms with Crippen LogP contribution in [0.2, 0.25) is 0 Å². The van der Waals surface area contributed by atoms with Crippen LogP contribution in [0.15, 0.2) is 18.2 Å². The third-order valence-electron chi connectivity index (χ3n) is 3.43. The van der Waals surface area contributed by atoms with Gasteiger partial charge in [0.2, 0.25) is 0 Å². The molecule has 1 atom stereocenters. The molecule has 0 bridgehead atoms. The lowest BCUT2D eigenvalue weighted by atomic mass is 10.1. The molecule has 1 fully saturated rings. The first-order chi connectivity index (χ1) is 7.74. The van der Waals surface area contributed by atoms with E-state index in [4.69, 9.17) is 5.73 Å². The van der Waals surface area contributed by atoms with Crippen LogP contribution in [0, 0.1) is 11.8 Å². The van der Waals surface area contributed by atoms with E-state index in [1.807, 2.05) is 22.9 Å². The molecule has 0 saturated heterocycles. The molecule has 1 saturated carbocycles. The normalized spacial score (nSPS) is 17.8. The number of nitrogens with zero attached hydrogens (tertiary/aromatic N) is 3. The van der Waals surface area contributed by atoms with E-state index in [-0.39, 0.29) is 0 Å². The van der Waals surface area contributed by atoms with Crippen LogP contribution in [0.1, 0.15) is 19.8 Å². The Morgan fingerprint density at radius 3 is 3.06 bits per heavy atom. The highest BCUT2D eigenvalue weighted by molar-refractivity contribution is 5.77. The van der Waals surface area contributed by atoms with Crippen molar-refractivity contribution < 1.29 is 0 Å². The molecule has 0 aliphatic heterocycles. The second kappa shape index (κ2) is 3.47. The second-order valence-corrected chi connectivity index (χ2v) is 4.83. The van der Waals surface area contributed by atoms with Crippen molar-refractivity contribution in [2.24, 2.45) is 11.8 Å². The first-order valence-electron chi connectivity index (χ1n) is 5.83. The van der Waals surface area contributed by atoms with Crippen LogP contribution in [0.25, 0.3) is 11.0 Å². The van der Waals surface area contributed by atoms with Crippen LogP contribution in [0.5, 0.6) is 0 Å². The minimum Gasteiger partial charge on any atom is -0.399 e. The number of benzene rings is 1. The van der Waals surface area contributed by atoms with Crippen molar-refractivity contribution in [3.63, 3.8) is 0 Å². The molecule has 1 aliphatic rings. The Balaban J connectivity index is 1.91. The van der Waals surface area contributed by atoms with Crippen molar-refractivity contribution in [2.45, 2.75) is 26.3 Å². The quantitative estimate of drug-likeness (QED) is 0.799. The lowest BCUT2D eigenvalue weighted by Gasteiger charge is -2.09. The Kier molecular flexibility index (Phi) is 2.09. The summed E-state index contributed by atoms with van der Waals surface area (Å²) in [5.41, 5.74) is 8.44. The highest BCUT2D eigenvalue weighted by atomic mass is 15.4. The average molecular weight is 216 g/mol. The van der Waals surface area contributed by atoms with Gasteiger partial charge in [0.15, 0.2) is 0 Å². The summed E-state index contributed by atoms with van der Waals surface area (Å²) in [7, 11) is 0. The lowest BCUT2D eigenvalue weighted by Crippen LogP contribution is -2.10. The summed E-state index contributed by atoms with van der Waals surface area (Å²) in [4.78, 5) is 0. The zero-order valence-electron chi connectivity index (χ0n) is 9.43. The van der Waals surface area contributed by atoms with Crippen molar-refractivity contribution in [3.8, 4) is 0 Å². The van der Waals surface area contributed by atoms with Gasteiger partial charge in [-0.05, 0) is 42.9 Å². The fraction of sp³-hybridized carbons (Fsp3) is 0.500. The standard InChI is InChI=1S/C12H16N4/c1-8(9-2-3-9)7-16-12-5-4-10(13)6-11(12)14-15-16/h4-6,8-9H,2-3,7,13H2,1H3. The van der Waals surface area contributed by atoms with Crippen LogP contribution >= 0.6 is 0 Å². The van der Waals surface area contributed by atoms with Crippen molar-refractivity contribution >= 4 is 16.7 Å². The minimum absolute atomic E-state index is 0.697. The van der Waals surface area contributed by atoms with Gasteiger partial charge < -0.3 is 5.73 Å². The smallest absolute Gasteiger partial charge is 0.115 e. The number of hydrogen-bond donors (Lipinski definition) is 1.